The fraction of sp³-hybridized carbons (Fsp3) is 0.385. The standard InChI is InChI=1S/C13H14ClNO2S/c1-13(2,3)11(16)8-5-7(17-4)6-9-10(8)15-12(14)18-9/h5-6H,1-4H3. The monoisotopic (exact) mass is 283 g/mol. The summed E-state index contributed by atoms with van der Waals surface area (Å²) in [6.07, 6.45) is 0. The van der Waals surface area contributed by atoms with Gasteiger partial charge in [0, 0.05) is 11.0 Å². The number of ketones is 1. The molecule has 0 fully saturated rings. The quantitative estimate of drug-likeness (QED) is 0.776. The minimum Gasteiger partial charge on any atom is -0.497 e. The Morgan fingerprint density at radius 3 is 2.61 bits per heavy atom. The first-order chi connectivity index (χ1) is 8.32. The molecule has 2 rings (SSSR count). The van der Waals surface area contributed by atoms with Gasteiger partial charge in [-0.25, -0.2) is 4.98 Å². The van der Waals surface area contributed by atoms with Crippen LogP contribution in [0.2, 0.25) is 4.47 Å². The number of benzene rings is 1. The van der Waals surface area contributed by atoms with E-state index < -0.39 is 5.41 Å². The molecule has 0 amide bonds. The number of hydrogen-bond acceptors (Lipinski definition) is 4. The number of thiazole rings is 1. The molecule has 1 aromatic heterocycles. The van der Waals surface area contributed by atoms with Crippen LogP contribution in [-0.4, -0.2) is 17.9 Å². The third-order valence-corrected chi connectivity index (χ3v) is 3.71. The van der Waals surface area contributed by atoms with Gasteiger partial charge in [-0.05, 0) is 12.1 Å². The van der Waals surface area contributed by atoms with E-state index >= 15 is 0 Å². The highest BCUT2D eigenvalue weighted by atomic mass is 35.5. The molecule has 0 N–H and O–H groups in total. The van der Waals surface area contributed by atoms with Crippen molar-refractivity contribution in [3.63, 3.8) is 0 Å². The Morgan fingerprint density at radius 2 is 2.06 bits per heavy atom. The third-order valence-electron chi connectivity index (χ3n) is 2.60. The van der Waals surface area contributed by atoms with Gasteiger partial charge in [0.05, 0.1) is 17.3 Å². The second kappa shape index (κ2) is 4.52. The maximum atomic E-state index is 12.4. The van der Waals surface area contributed by atoms with Crippen molar-refractivity contribution in [1.82, 2.24) is 4.98 Å². The number of carbonyl (C=O) groups is 1. The van der Waals surface area contributed by atoms with Gasteiger partial charge in [0.25, 0.3) is 0 Å². The van der Waals surface area contributed by atoms with E-state index in [1.54, 1.807) is 13.2 Å². The lowest BCUT2D eigenvalue weighted by atomic mass is 9.86. The summed E-state index contributed by atoms with van der Waals surface area (Å²) in [5, 5.41) is 0. The van der Waals surface area contributed by atoms with Crippen molar-refractivity contribution in [2.45, 2.75) is 20.8 Å². The molecule has 0 saturated carbocycles. The smallest absolute Gasteiger partial charge is 0.184 e. The Morgan fingerprint density at radius 1 is 1.39 bits per heavy atom. The molecule has 0 saturated heterocycles. The molecule has 0 aliphatic rings. The minimum atomic E-state index is -0.463. The molecule has 0 aliphatic carbocycles. The summed E-state index contributed by atoms with van der Waals surface area (Å²) in [7, 11) is 1.58. The van der Waals surface area contributed by atoms with E-state index in [1.807, 2.05) is 26.8 Å². The first-order valence-corrected chi connectivity index (χ1v) is 6.71. The van der Waals surface area contributed by atoms with Gasteiger partial charge < -0.3 is 4.74 Å². The van der Waals surface area contributed by atoms with Gasteiger partial charge in [-0.1, -0.05) is 32.4 Å². The zero-order valence-corrected chi connectivity index (χ0v) is 12.3. The zero-order valence-electron chi connectivity index (χ0n) is 10.7. The predicted octanol–water partition coefficient (Wildman–Crippen LogP) is 4.19. The molecule has 5 heteroatoms. The summed E-state index contributed by atoms with van der Waals surface area (Å²) in [5.74, 6) is 0.684. The second-order valence-corrected chi connectivity index (χ2v) is 6.68. The molecule has 3 nitrogen and oxygen atoms in total. The Hall–Kier alpha value is -1.13. The van der Waals surface area contributed by atoms with Crippen LogP contribution in [0.25, 0.3) is 10.2 Å². The number of halogens is 1. The summed E-state index contributed by atoms with van der Waals surface area (Å²) in [6, 6.07) is 3.57. The number of hydrogen-bond donors (Lipinski definition) is 0. The molecule has 1 heterocycles. The van der Waals surface area contributed by atoms with Crippen LogP contribution in [0.5, 0.6) is 5.75 Å². The maximum Gasteiger partial charge on any atom is 0.184 e. The number of ether oxygens (including phenoxy) is 1. The van der Waals surface area contributed by atoms with Crippen LogP contribution in [-0.2, 0) is 0 Å². The van der Waals surface area contributed by atoms with E-state index in [9.17, 15) is 4.79 Å². The lowest BCUT2D eigenvalue weighted by Gasteiger charge is -2.17. The number of nitrogens with zero attached hydrogens (tertiary/aromatic N) is 1. The van der Waals surface area contributed by atoms with Crippen molar-refractivity contribution in [2.24, 2.45) is 5.41 Å². The molecule has 0 spiro atoms. The molecule has 0 radical (unpaired) electrons. The summed E-state index contributed by atoms with van der Waals surface area (Å²) in [5.41, 5.74) is 0.765. The van der Waals surface area contributed by atoms with Crippen molar-refractivity contribution in [3.05, 3.63) is 22.2 Å². The topological polar surface area (TPSA) is 39.2 Å². The lowest BCUT2D eigenvalue weighted by molar-refractivity contribution is 0.0859. The summed E-state index contributed by atoms with van der Waals surface area (Å²) in [4.78, 5) is 16.7. The molecular formula is C13H14ClNO2S. The number of aromatic nitrogens is 1. The van der Waals surface area contributed by atoms with Crippen LogP contribution in [0, 0.1) is 5.41 Å². The van der Waals surface area contributed by atoms with Crippen LogP contribution in [0.4, 0.5) is 0 Å². The van der Waals surface area contributed by atoms with Gasteiger partial charge in [-0.3, -0.25) is 4.79 Å². The van der Waals surface area contributed by atoms with E-state index in [2.05, 4.69) is 4.98 Å². The largest absolute Gasteiger partial charge is 0.497 e. The van der Waals surface area contributed by atoms with Gasteiger partial charge in [0.2, 0.25) is 0 Å². The van der Waals surface area contributed by atoms with Crippen LogP contribution < -0.4 is 4.74 Å². The molecule has 0 unspecified atom stereocenters. The molecule has 96 valence electrons. The van der Waals surface area contributed by atoms with E-state index in [-0.39, 0.29) is 5.78 Å². The van der Waals surface area contributed by atoms with Crippen molar-refractivity contribution in [2.75, 3.05) is 7.11 Å². The average Bonchev–Trinajstić information content (AvgIpc) is 2.65. The van der Waals surface area contributed by atoms with E-state index in [0.29, 0.717) is 21.3 Å². The highest BCUT2D eigenvalue weighted by molar-refractivity contribution is 7.22. The Balaban J connectivity index is 2.71. The van der Waals surface area contributed by atoms with Crippen LogP contribution >= 0.6 is 22.9 Å². The molecule has 18 heavy (non-hydrogen) atoms. The molecule has 0 aliphatic heterocycles. The highest BCUT2D eigenvalue weighted by Gasteiger charge is 2.26. The van der Waals surface area contributed by atoms with Crippen LogP contribution in [0.15, 0.2) is 12.1 Å². The maximum absolute atomic E-state index is 12.4. The van der Waals surface area contributed by atoms with Gasteiger partial charge in [-0.2, -0.15) is 0 Å². The van der Waals surface area contributed by atoms with Gasteiger partial charge in [0.1, 0.15) is 5.75 Å². The SMILES string of the molecule is COc1cc(C(=O)C(C)(C)C)c2nc(Cl)sc2c1. The summed E-state index contributed by atoms with van der Waals surface area (Å²) in [6.45, 7) is 5.65. The Kier molecular flexibility index (Phi) is 3.34. The lowest BCUT2D eigenvalue weighted by Crippen LogP contribution is -2.20. The summed E-state index contributed by atoms with van der Waals surface area (Å²) < 4.78 is 6.52. The van der Waals surface area contributed by atoms with Crippen LogP contribution in [0.3, 0.4) is 0 Å². The molecule has 1 aromatic carbocycles. The number of methoxy groups -OCH3 is 1. The van der Waals surface area contributed by atoms with Gasteiger partial charge in [-0.15, -0.1) is 11.3 Å². The van der Waals surface area contributed by atoms with E-state index in [1.165, 1.54) is 11.3 Å². The van der Waals surface area contributed by atoms with E-state index in [4.69, 9.17) is 16.3 Å². The highest BCUT2D eigenvalue weighted by Crippen LogP contribution is 2.34. The Bertz CT molecular complexity index is 613. The second-order valence-electron chi connectivity index (χ2n) is 5.07. The van der Waals surface area contributed by atoms with Gasteiger partial charge >= 0.3 is 0 Å². The van der Waals surface area contributed by atoms with Crippen LogP contribution in [0.1, 0.15) is 31.1 Å². The summed E-state index contributed by atoms with van der Waals surface area (Å²) >= 11 is 7.27. The molecule has 2 aromatic rings. The van der Waals surface area contributed by atoms with Crippen molar-refractivity contribution in [3.8, 4) is 5.75 Å². The van der Waals surface area contributed by atoms with Gasteiger partial charge in [0.15, 0.2) is 10.3 Å². The predicted molar refractivity (Wildman–Crippen MR) is 75.0 cm³/mol. The normalized spacial score (nSPS) is 11.8. The van der Waals surface area contributed by atoms with Crippen molar-refractivity contribution < 1.29 is 9.53 Å². The molecular weight excluding hydrogens is 270 g/mol. The van der Waals surface area contributed by atoms with E-state index in [0.717, 1.165) is 4.70 Å². The number of fused-ring (bicyclic) bond motifs is 1. The Labute approximate surface area is 115 Å². The number of carbonyl (C=O) groups excluding carboxylic acids is 1. The zero-order chi connectivity index (χ0) is 13.5. The third kappa shape index (κ3) is 2.35. The number of rotatable bonds is 2. The first-order valence-electron chi connectivity index (χ1n) is 5.52. The molecule has 0 atom stereocenters. The van der Waals surface area contributed by atoms with Crippen molar-refractivity contribution in [1.29, 1.82) is 0 Å². The van der Waals surface area contributed by atoms with Crippen molar-refractivity contribution >= 4 is 38.9 Å². The fourth-order valence-corrected chi connectivity index (χ4v) is 2.75. The number of Topliss-reactive ketones (excluding diaryl/α,β-unsaturated/α-hetero) is 1. The first kappa shape index (κ1) is 13.3. The molecule has 0 bridgehead atoms. The fourth-order valence-electron chi connectivity index (χ4n) is 1.67. The minimum absolute atomic E-state index is 0.0355. The average molecular weight is 284 g/mol.